The van der Waals surface area contributed by atoms with Gasteiger partial charge >= 0.3 is 19.9 Å². The van der Waals surface area contributed by atoms with Crippen molar-refractivity contribution in [1.29, 1.82) is 0 Å². The Morgan fingerprint density at radius 1 is 1.26 bits per heavy atom. The third kappa shape index (κ3) is 5.81. The number of anilines is 1. The molecule has 6 atom stereocenters. The SMILES string of the molecule is CC(C)OC(=O)[C@H](C)NP(=O)(OCC12O[C@@H](n3ccc(N)nc3=S)C(F)(C(F)(F)F)[C@H]1O2)Oc1ccccc1. The van der Waals surface area contributed by atoms with Crippen LogP contribution in [0, 0.1) is 4.77 Å². The Balaban J connectivity index is 1.60. The molecule has 3 unspecified atom stereocenters. The van der Waals surface area contributed by atoms with E-state index in [9.17, 15) is 22.5 Å². The first-order chi connectivity index (χ1) is 18.1. The summed E-state index contributed by atoms with van der Waals surface area (Å²) in [6, 6.07) is 7.51. The number of ether oxygens (including phenoxy) is 3. The molecule has 0 saturated carbocycles. The van der Waals surface area contributed by atoms with Crippen molar-refractivity contribution in [3.63, 3.8) is 0 Å². The van der Waals surface area contributed by atoms with Crippen molar-refractivity contribution in [3.05, 3.63) is 47.4 Å². The Morgan fingerprint density at radius 3 is 2.51 bits per heavy atom. The van der Waals surface area contributed by atoms with E-state index in [4.69, 9.17) is 41.2 Å². The molecular formula is C22H25F4N4O7PS. The predicted octanol–water partition coefficient (Wildman–Crippen LogP) is 4.22. The zero-order chi connectivity index (χ0) is 28.8. The highest BCUT2D eigenvalue weighted by atomic mass is 32.1. The first-order valence-corrected chi connectivity index (χ1v) is 13.5. The molecule has 2 aliphatic heterocycles. The van der Waals surface area contributed by atoms with Crippen LogP contribution in [0.5, 0.6) is 5.75 Å². The number of alkyl halides is 4. The summed E-state index contributed by atoms with van der Waals surface area (Å²) >= 11 is 4.96. The van der Waals surface area contributed by atoms with Gasteiger partial charge in [-0.3, -0.25) is 13.9 Å². The lowest BCUT2D eigenvalue weighted by molar-refractivity contribution is -0.289. The smallest absolute Gasteiger partial charge is 0.459 e. The Kier molecular flexibility index (Phi) is 7.84. The Morgan fingerprint density at radius 2 is 1.92 bits per heavy atom. The number of fused-ring (bicyclic) bond motifs is 1. The molecule has 0 radical (unpaired) electrons. The van der Waals surface area contributed by atoms with Crippen molar-refractivity contribution in [2.24, 2.45) is 0 Å². The summed E-state index contributed by atoms with van der Waals surface area (Å²) in [6.45, 7) is 3.55. The Labute approximate surface area is 225 Å². The normalized spacial score (nSPS) is 28.4. The minimum absolute atomic E-state index is 0.0446. The van der Waals surface area contributed by atoms with Gasteiger partial charge in [-0.1, -0.05) is 18.2 Å². The third-order valence-corrected chi connectivity index (χ3v) is 7.64. The maximum Gasteiger partial charge on any atom is 0.459 e. The molecule has 3 heterocycles. The van der Waals surface area contributed by atoms with Crippen LogP contribution >= 0.6 is 20.0 Å². The second kappa shape index (κ2) is 10.4. The predicted molar refractivity (Wildman–Crippen MR) is 130 cm³/mol. The summed E-state index contributed by atoms with van der Waals surface area (Å²) in [6.07, 6.45) is -9.53. The van der Waals surface area contributed by atoms with Crippen LogP contribution in [-0.4, -0.2) is 58.0 Å². The van der Waals surface area contributed by atoms with Crippen LogP contribution in [0.4, 0.5) is 23.4 Å². The second-order valence-corrected chi connectivity index (χ2v) is 11.2. The van der Waals surface area contributed by atoms with Gasteiger partial charge in [-0.2, -0.15) is 18.3 Å². The van der Waals surface area contributed by atoms with Crippen molar-refractivity contribution in [2.75, 3.05) is 12.3 Å². The lowest BCUT2D eigenvalue weighted by atomic mass is 9.98. The molecule has 0 spiro atoms. The number of nitrogens with two attached hydrogens (primary N) is 1. The van der Waals surface area contributed by atoms with Crippen molar-refractivity contribution < 1.29 is 50.2 Å². The fourth-order valence-electron chi connectivity index (χ4n) is 3.87. The first-order valence-electron chi connectivity index (χ1n) is 11.5. The summed E-state index contributed by atoms with van der Waals surface area (Å²) in [5.74, 6) is -3.17. The van der Waals surface area contributed by atoms with E-state index in [1.165, 1.54) is 19.1 Å². The van der Waals surface area contributed by atoms with Gasteiger partial charge in [0.15, 0.2) is 12.3 Å². The number of esters is 1. The molecule has 0 bridgehead atoms. The summed E-state index contributed by atoms with van der Waals surface area (Å²) in [7, 11) is -4.52. The van der Waals surface area contributed by atoms with Crippen LogP contribution in [-0.2, 0) is 28.1 Å². The monoisotopic (exact) mass is 596 g/mol. The van der Waals surface area contributed by atoms with Crippen LogP contribution in [0.1, 0.15) is 27.0 Å². The standard InChI is InChI=1S/C22H25F4N4O7PS/c1-12(2)34-16(31)13(3)29-38(32,37-14-7-5-4-6-8-14)33-11-20-17(35-20)21(23,22(24,25)26)18(36-20)30-10-9-15(27)28-19(30)39/h4-10,12-13,17-18H,11H2,1-3H3,(H,29,32)(H2,27,28,39)/t13-,17-,18+,20?,21?,38?/m0/s1. The number of epoxide rings is 1. The van der Waals surface area contributed by atoms with Gasteiger partial charge in [-0.05, 0) is 51.2 Å². The molecule has 214 valence electrons. The molecule has 0 amide bonds. The molecule has 0 aliphatic carbocycles. The quantitative estimate of drug-likeness (QED) is 0.134. The molecule has 2 aromatic rings. The zero-order valence-corrected chi connectivity index (χ0v) is 22.5. The van der Waals surface area contributed by atoms with Crippen LogP contribution in [0.2, 0.25) is 0 Å². The number of benzene rings is 1. The largest absolute Gasteiger partial charge is 0.462 e. The van der Waals surface area contributed by atoms with Gasteiger partial charge in [0, 0.05) is 6.20 Å². The number of hydrogen-bond donors (Lipinski definition) is 2. The van der Waals surface area contributed by atoms with Crippen LogP contribution in [0.15, 0.2) is 42.6 Å². The maximum atomic E-state index is 15.8. The minimum Gasteiger partial charge on any atom is -0.462 e. The number of para-hydroxylation sites is 1. The number of nitrogens with one attached hydrogen (secondary N) is 1. The highest BCUT2D eigenvalue weighted by Gasteiger charge is 2.87. The van der Waals surface area contributed by atoms with E-state index in [1.54, 1.807) is 32.0 Å². The van der Waals surface area contributed by atoms with Crippen LogP contribution in [0.3, 0.4) is 0 Å². The fraction of sp³-hybridized carbons (Fsp3) is 0.500. The van der Waals surface area contributed by atoms with Gasteiger partial charge in [-0.25, -0.2) is 13.9 Å². The Hall–Kier alpha value is -2.62. The van der Waals surface area contributed by atoms with E-state index in [0.29, 0.717) is 4.57 Å². The number of hydrogen-bond acceptors (Lipinski definition) is 10. The molecule has 2 fully saturated rings. The van der Waals surface area contributed by atoms with Gasteiger partial charge in [-0.15, -0.1) is 0 Å². The van der Waals surface area contributed by atoms with Crippen molar-refractivity contribution in [2.45, 2.75) is 62.9 Å². The van der Waals surface area contributed by atoms with E-state index >= 15 is 4.39 Å². The van der Waals surface area contributed by atoms with E-state index in [1.807, 2.05) is 0 Å². The molecule has 1 aromatic carbocycles. The highest BCUT2D eigenvalue weighted by Crippen LogP contribution is 2.65. The van der Waals surface area contributed by atoms with Crippen LogP contribution < -0.4 is 15.3 Å². The average Bonchev–Trinajstić information content (AvgIpc) is 3.49. The summed E-state index contributed by atoms with van der Waals surface area (Å²) in [4.78, 5) is 16.0. The molecule has 2 saturated heterocycles. The summed E-state index contributed by atoms with van der Waals surface area (Å²) < 4.78 is 98.1. The number of rotatable bonds is 10. The summed E-state index contributed by atoms with van der Waals surface area (Å²) in [5, 5.41) is 2.38. The lowest BCUT2D eigenvalue weighted by Gasteiger charge is -2.31. The lowest BCUT2D eigenvalue weighted by Crippen LogP contribution is -2.50. The molecule has 3 N–H and O–H groups in total. The second-order valence-electron chi connectivity index (χ2n) is 9.10. The number of aromatic nitrogens is 2. The molecule has 17 heteroatoms. The van der Waals surface area contributed by atoms with Crippen molar-refractivity contribution in [3.8, 4) is 5.75 Å². The first kappa shape index (κ1) is 29.4. The molecule has 11 nitrogen and oxygen atoms in total. The molecule has 4 rings (SSSR count). The van der Waals surface area contributed by atoms with E-state index in [0.717, 1.165) is 12.3 Å². The molecule has 1 aromatic heterocycles. The highest BCUT2D eigenvalue weighted by molar-refractivity contribution is 7.71. The third-order valence-electron chi connectivity index (χ3n) is 5.71. The number of nitrogens with zero attached hydrogens (tertiary/aromatic N) is 2. The number of carbonyl (C=O) groups is 1. The van der Waals surface area contributed by atoms with Crippen molar-refractivity contribution >= 4 is 31.8 Å². The molecular weight excluding hydrogens is 571 g/mol. The minimum atomic E-state index is -5.48. The maximum absolute atomic E-state index is 15.8. The number of halogens is 4. The van der Waals surface area contributed by atoms with E-state index in [-0.39, 0.29) is 11.6 Å². The van der Waals surface area contributed by atoms with Crippen LogP contribution in [0.25, 0.3) is 0 Å². The Bertz CT molecular complexity index is 1330. The van der Waals surface area contributed by atoms with Crippen molar-refractivity contribution in [1.82, 2.24) is 14.6 Å². The van der Waals surface area contributed by atoms with Gasteiger partial charge in [0.25, 0.3) is 5.67 Å². The summed E-state index contributed by atoms with van der Waals surface area (Å²) in [5.41, 5.74) is 1.43. The van der Waals surface area contributed by atoms with E-state index in [2.05, 4.69) is 10.1 Å². The van der Waals surface area contributed by atoms with Gasteiger partial charge in [0.2, 0.25) is 10.6 Å². The number of carbonyl (C=O) groups excluding carboxylic acids is 1. The van der Waals surface area contributed by atoms with Gasteiger partial charge in [0.1, 0.15) is 24.2 Å². The topological polar surface area (TPSA) is 139 Å². The van der Waals surface area contributed by atoms with Gasteiger partial charge in [0.05, 0.1) is 6.10 Å². The van der Waals surface area contributed by atoms with Gasteiger partial charge < -0.3 is 24.5 Å². The van der Waals surface area contributed by atoms with E-state index < -0.39 is 67.2 Å². The zero-order valence-electron chi connectivity index (χ0n) is 20.8. The average molecular weight is 596 g/mol. The number of nitrogen functional groups attached to an aromatic ring is 1. The molecule has 39 heavy (non-hydrogen) atoms. The fourth-order valence-corrected chi connectivity index (χ4v) is 5.64. The molecule has 2 aliphatic rings.